The van der Waals surface area contributed by atoms with Crippen molar-refractivity contribution in [1.29, 1.82) is 0 Å². The molecular weight excluding hydrogens is 244 g/mol. The number of hydrogen-bond acceptors (Lipinski definition) is 4. The van der Waals surface area contributed by atoms with Crippen molar-refractivity contribution in [2.24, 2.45) is 0 Å². The van der Waals surface area contributed by atoms with Gasteiger partial charge in [0.25, 0.3) is 0 Å². The van der Waals surface area contributed by atoms with Crippen LogP contribution in [-0.4, -0.2) is 32.1 Å². The van der Waals surface area contributed by atoms with E-state index in [4.69, 9.17) is 4.74 Å². The number of carbonyl (C=O) groups is 2. The third-order valence-corrected chi connectivity index (χ3v) is 3.43. The smallest absolute Gasteiger partial charge is 0.322 e. The van der Waals surface area contributed by atoms with Gasteiger partial charge in [-0.25, -0.2) is 0 Å². The van der Waals surface area contributed by atoms with Gasteiger partial charge in [0.1, 0.15) is 6.04 Å². The number of amides is 1. The van der Waals surface area contributed by atoms with E-state index in [2.05, 4.69) is 5.32 Å². The normalized spacial score (nSPS) is 19.8. The van der Waals surface area contributed by atoms with Gasteiger partial charge in [0.2, 0.25) is 5.91 Å². The maximum atomic E-state index is 12.0. The molecule has 1 aromatic carbocycles. The maximum absolute atomic E-state index is 12.0. The average molecular weight is 262 g/mol. The molecule has 0 bridgehead atoms. The number of nitrogens with zero attached hydrogens (tertiary/aromatic N) is 1. The van der Waals surface area contributed by atoms with Crippen molar-refractivity contribution in [3.63, 3.8) is 0 Å². The Labute approximate surface area is 112 Å². The second kappa shape index (κ2) is 5.40. The highest BCUT2D eigenvalue weighted by Gasteiger charge is 2.30. The molecule has 19 heavy (non-hydrogen) atoms. The largest absolute Gasteiger partial charge is 0.468 e. The summed E-state index contributed by atoms with van der Waals surface area (Å²) in [6.45, 7) is 1.73. The van der Waals surface area contributed by atoms with Crippen LogP contribution in [0.1, 0.15) is 24.9 Å². The summed E-state index contributed by atoms with van der Waals surface area (Å²) in [6, 6.07) is 7.10. The van der Waals surface area contributed by atoms with Crippen LogP contribution in [0.5, 0.6) is 0 Å². The van der Waals surface area contributed by atoms with E-state index in [1.807, 2.05) is 24.3 Å². The highest BCUT2D eigenvalue weighted by molar-refractivity contribution is 5.96. The molecule has 0 spiro atoms. The van der Waals surface area contributed by atoms with Crippen molar-refractivity contribution < 1.29 is 14.3 Å². The first-order valence-corrected chi connectivity index (χ1v) is 6.24. The minimum absolute atomic E-state index is 0.0354. The summed E-state index contributed by atoms with van der Waals surface area (Å²) < 4.78 is 4.69. The van der Waals surface area contributed by atoms with E-state index in [1.54, 1.807) is 18.9 Å². The molecule has 5 nitrogen and oxygen atoms in total. The molecule has 1 heterocycles. The molecule has 0 aromatic heterocycles. The monoisotopic (exact) mass is 262 g/mol. The van der Waals surface area contributed by atoms with Crippen LogP contribution in [0.15, 0.2) is 24.3 Å². The van der Waals surface area contributed by atoms with Crippen LogP contribution in [0.25, 0.3) is 0 Å². The van der Waals surface area contributed by atoms with Crippen molar-refractivity contribution in [3.8, 4) is 0 Å². The number of para-hydroxylation sites is 1. The van der Waals surface area contributed by atoms with Gasteiger partial charge >= 0.3 is 5.97 Å². The van der Waals surface area contributed by atoms with Crippen molar-refractivity contribution in [1.82, 2.24) is 5.32 Å². The van der Waals surface area contributed by atoms with Crippen LogP contribution < -0.4 is 10.2 Å². The second-order valence-corrected chi connectivity index (χ2v) is 4.68. The van der Waals surface area contributed by atoms with Gasteiger partial charge in [0, 0.05) is 25.2 Å². The Morgan fingerprint density at radius 2 is 2.16 bits per heavy atom. The minimum atomic E-state index is -0.445. The fourth-order valence-electron chi connectivity index (χ4n) is 2.34. The number of benzene rings is 1. The molecule has 0 fully saturated rings. The first kappa shape index (κ1) is 13.5. The van der Waals surface area contributed by atoms with Gasteiger partial charge in [-0.05, 0) is 18.6 Å². The Hall–Kier alpha value is -1.88. The lowest BCUT2D eigenvalue weighted by molar-refractivity contribution is -0.143. The molecule has 2 rings (SSSR count). The fraction of sp³-hybridized carbons (Fsp3) is 0.429. The summed E-state index contributed by atoms with van der Waals surface area (Å²) in [5.41, 5.74) is 1.91. The SMILES string of the molecule is COC(=O)[C@H](C)NC1CC(=O)N(C)c2ccccc21. The van der Waals surface area contributed by atoms with Crippen LogP contribution in [-0.2, 0) is 14.3 Å². The van der Waals surface area contributed by atoms with E-state index in [-0.39, 0.29) is 17.9 Å². The predicted molar refractivity (Wildman–Crippen MR) is 71.8 cm³/mol. The quantitative estimate of drug-likeness (QED) is 0.833. The molecular formula is C14H18N2O3. The Morgan fingerprint density at radius 1 is 1.47 bits per heavy atom. The van der Waals surface area contributed by atoms with Crippen LogP contribution in [0.4, 0.5) is 5.69 Å². The lowest BCUT2D eigenvalue weighted by Crippen LogP contribution is -2.43. The van der Waals surface area contributed by atoms with Crippen molar-refractivity contribution in [2.75, 3.05) is 19.1 Å². The van der Waals surface area contributed by atoms with E-state index in [9.17, 15) is 9.59 Å². The third kappa shape index (κ3) is 2.61. The molecule has 1 unspecified atom stereocenters. The zero-order chi connectivity index (χ0) is 14.0. The van der Waals surface area contributed by atoms with E-state index in [1.165, 1.54) is 7.11 Å². The van der Waals surface area contributed by atoms with E-state index >= 15 is 0 Å². The number of nitrogens with one attached hydrogen (secondary N) is 1. The molecule has 0 radical (unpaired) electrons. The van der Waals surface area contributed by atoms with Gasteiger partial charge in [-0.15, -0.1) is 0 Å². The van der Waals surface area contributed by atoms with Crippen LogP contribution in [0.3, 0.4) is 0 Å². The zero-order valence-electron chi connectivity index (χ0n) is 11.3. The van der Waals surface area contributed by atoms with Crippen LogP contribution >= 0.6 is 0 Å². The number of esters is 1. The summed E-state index contributed by atoms with van der Waals surface area (Å²) in [7, 11) is 3.12. The number of hydrogen-bond donors (Lipinski definition) is 1. The maximum Gasteiger partial charge on any atom is 0.322 e. The Balaban J connectivity index is 2.25. The number of anilines is 1. The minimum Gasteiger partial charge on any atom is -0.468 e. The first-order valence-electron chi connectivity index (χ1n) is 6.24. The Bertz CT molecular complexity index is 501. The highest BCUT2D eigenvalue weighted by atomic mass is 16.5. The lowest BCUT2D eigenvalue weighted by atomic mass is 9.95. The number of carbonyl (C=O) groups excluding carboxylic acids is 2. The Kier molecular flexibility index (Phi) is 3.85. The first-order chi connectivity index (χ1) is 9.04. The molecule has 2 atom stereocenters. The van der Waals surface area contributed by atoms with Crippen molar-refractivity contribution >= 4 is 17.6 Å². The number of methoxy groups -OCH3 is 1. The molecule has 102 valence electrons. The number of ether oxygens (including phenoxy) is 1. The van der Waals surface area contributed by atoms with Crippen molar-refractivity contribution in [3.05, 3.63) is 29.8 Å². The average Bonchev–Trinajstić information content (AvgIpc) is 2.43. The topological polar surface area (TPSA) is 58.6 Å². The second-order valence-electron chi connectivity index (χ2n) is 4.68. The van der Waals surface area contributed by atoms with Gasteiger partial charge in [-0.2, -0.15) is 0 Å². The van der Waals surface area contributed by atoms with E-state index in [0.717, 1.165) is 11.3 Å². The molecule has 1 aliphatic rings. The summed E-state index contributed by atoms with van der Waals surface area (Å²) >= 11 is 0. The molecule has 0 aliphatic carbocycles. The van der Waals surface area contributed by atoms with Gasteiger partial charge in [-0.3, -0.25) is 14.9 Å². The number of rotatable bonds is 3. The van der Waals surface area contributed by atoms with Gasteiger partial charge in [0.05, 0.1) is 7.11 Å². The summed E-state index contributed by atoms with van der Waals surface area (Å²) in [5.74, 6) is -0.294. The molecule has 1 N–H and O–H groups in total. The van der Waals surface area contributed by atoms with E-state index < -0.39 is 6.04 Å². The van der Waals surface area contributed by atoms with Crippen molar-refractivity contribution in [2.45, 2.75) is 25.4 Å². The van der Waals surface area contributed by atoms with Gasteiger partial charge in [-0.1, -0.05) is 18.2 Å². The zero-order valence-corrected chi connectivity index (χ0v) is 11.3. The molecule has 1 amide bonds. The van der Waals surface area contributed by atoms with Gasteiger partial charge < -0.3 is 9.64 Å². The van der Waals surface area contributed by atoms with Gasteiger partial charge in [0.15, 0.2) is 0 Å². The third-order valence-electron chi connectivity index (χ3n) is 3.43. The molecule has 0 saturated heterocycles. The number of fused-ring (bicyclic) bond motifs is 1. The van der Waals surface area contributed by atoms with Crippen LogP contribution in [0, 0.1) is 0 Å². The molecule has 1 aliphatic heterocycles. The molecule has 0 saturated carbocycles. The molecule has 5 heteroatoms. The lowest BCUT2D eigenvalue weighted by Gasteiger charge is -2.33. The molecule has 1 aromatic rings. The summed E-state index contributed by atoms with van der Waals surface area (Å²) in [6.07, 6.45) is 0.342. The summed E-state index contributed by atoms with van der Waals surface area (Å²) in [4.78, 5) is 25.1. The predicted octanol–water partition coefficient (Wildman–Crippen LogP) is 1.25. The standard InChI is InChI=1S/C14H18N2O3/c1-9(14(18)19-3)15-11-8-13(17)16(2)12-7-5-4-6-10(11)12/h4-7,9,11,15H,8H2,1-3H3/t9-,11?/m0/s1. The summed E-state index contributed by atoms with van der Waals surface area (Å²) in [5, 5.41) is 3.15. The van der Waals surface area contributed by atoms with E-state index in [0.29, 0.717) is 6.42 Å². The highest BCUT2D eigenvalue weighted by Crippen LogP contribution is 2.33. The van der Waals surface area contributed by atoms with Crippen LogP contribution in [0.2, 0.25) is 0 Å². The Morgan fingerprint density at radius 3 is 2.84 bits per heavy atom. The fourth-order valence-corrected chi connectivity index (χ4v) is 2.34.